The summed E-state index contributed by atoms with van der Waals surface area (Å²) in [6, 6.07) is 15.2. The van der Waals surface area contributed by atoms with Crippen molar-refractivity contribution in [2.24, 2.45) is 0 Å². The van der Waals surface area contributed by atoms with Crippen molar-refractivity contribution in [3.05, 3.63) is 94.6 Å². The van der Waals surface area contributed by atoms with Gasteiger partial charge >= 0.3 is 0 Å². The Morgan fingerprint density at radius 2 is 1.78 bits per heavy atom. The van der Waals surface area contributed by atoms with Gasteiger partial charge in [-0.3, -0.25) is 14.5 Å². The van der Waals surface area contributed by atoms with Gasteiger partial charge in [0.2, 0.25) is 5.78 Å². The van der Waals surface area contributed by atoms with Crippen LogP contribution in [0, 0.1) is 13.8 Å². The summed E-state index contributed by atoms with van der Waals surface area (Å²) in [6.45, 7) is 7.72. The Hall–Kier alpha value is -3.80. The molecule has 1 aliphatic rings. The van der Waals surface area contributed by atoms with Gasteiger partial charge in [-0.15, -0.1) is 0 Å². The molecular formula is C26H25NO5. The van der Waals surface area contributed by atoms with Gasteiger partial charge in [0.15, 0.2) is 11.5 Å². The van der Waals surface area contributed by atoms with Gasteiger partial charge in [0.05, 0.1) is 24.0 Å². The summed E-state index contributed by atoms with van der Waals surface area (Å²) in [5.41, 5.74) is 3.16. The van der Waals surface area contributed by atoms with Crippen molar-refractivity contribution in [1.29, 1.82) is 0 Å². The second-order valence-electron chi connectivity index (χ2n) is 8.23. The number of anilines is 1. The maximum absolute atomic E-state index is 13.3. The van der Waals surface area contributed by atoms with Crippen molar-refractivity contribution in [2.75, 3.05) is 4.90 Å². The van der Waals surface area contributed by atoms with Crippen LogP contribution in [-0.2, 0) is 4.79 Å². The van der Waals surface area contributed by atoms with Gasteiger partial charge in [0, 0.05) is 5.69 Å². The normalized spacial score (nSPS) is 16.2. The van der Waals surface area contributed by atoms with E-state index in [1.807, 2.05) is 64.1 Å². The molecule has 1 atom stereocenters. The van der Waals surface area contributed by atoms with Gasteiger partial charge in [-0.1, -0.05) is 18.2 Å². The van der Waals surface area contributed by atoms with Crippen LogP contribution in [0.25, 0.3) is 0 Å². The molecule has 1 unspecified atom stereocenters. The zero-order chi connectivity index (χ0) is 23.0. The van der Waals surface area contributed by atoms with Crippen LogP contribution in [-0.4, -0.2) is 22.9 Å². The summed E-state index contributed by atoms with van der Waals surface area (Å²) in [7, 11) is 0. The fourth-order valence-electron chi connectivity index (χ4n) is 4.08. The number of aryl methyl sites for hydroxylation is 2. The number of aliphatic hydroxyl groups excluding tert-OH is 1. The van der Waals surface area contributed by atoms with Gasteiger partial charge < -0.3 is 14.3 Å². The van der Waals surface area contributed by atoms with Crippen molar-refractivity contribution in [2.45, 2.75) is 39.8 Å². The molecule has 2 heterocycles. The monoisotopic (exact) mass is 431 g/mol. The zero-order valence-electron chi connectivity index (χ0n) is 18.5. The van der Waals surface area contributed by atoms with Gasteiger partial charge in [0.1, 0.15) is 5.75 Å². The third kappa shape index (κ3) is 3.91. The Labute approximate surface area is 186 Å². The lowest BCUT2D eigenvalue weighted by molar-refractivity contribution is -0.117. The van der Waals surface area contributed by atoms with Gasteiger partial charge in [-0.05, 0) is 80.8 Å². The van der Waals surface area contributed by atoms with Crippen LogP contribution in [0.4, 0.5) is 5.69 Å². The first-order chi connectivity index (χ1) is 15.3. The molecule has 0 bridgehead atoms. The first-order valence-corrected chi connectivity index (χ1v) is 10.5. The molecule has 4 rings (SSSR count). The standard InChI is InChI=1S/C26H25NO5/c1-15(2)32-20-8-5-7-18(14-20)23-22(24(28)21-9-6-10-31-21)25(29)26(30)27(23)19-12-16(3)11-17(4)13-19/h5-15,23,29H,1-4H3. The summed E-state index contributed by atoms with van der Waals surface area (Å²) in [5, 5.41) is 10.8. The maximum Gasteiger partial charge on any atom is 0.294 e. The third-order valence-corrected chi connectivity index (χ3v) is 5.23. The number of hydrogen-bond acceptors (Lipinski definition) is 5. The molecule has 6 nitrogen and oxygen atoms in total. The lowest BCUT2D eigenvalue weighted by Crippen LogP contribution is -2.31. The van der Waals surface area contributed by atoms with Crippen molar-refractivity contribution in [3.8, 4) is 5.75 Å². The summed E-state index contributed by atoms with van der Waals surface area (Å²) in [6.07, 6.45) is 1.34. The van der Waals surface area contributed by atoms with Crippen LogP contribution in [0.15, 0.2) is 76.6 Å². The zero-order valence-corrected chi connectivity index (χ0v) is 18.5. The van der Waals surface area contributed by atoms with Gasteiger partial charge in [0.25, 0.3) is 5.91 Å². The summed E-state index contributed by atoms with van der Waals surface area (Å²) >= 11 is 0. The molecule has 1 amide bonds. The highest BCUT2D eigenvalue weighted by atomic mass is 16.5. The number of nitrogens with zero attached hydrogens (tertiary/aromatic N) is 1. The van der Waals surface area contributed by atoms with E-state index >= 15 is 0 Å². The highest BCUT2D eigenvalue weighted by molar-refractivity contribution is 6.20. The van der Waals surface area contributed by atoms with Crippen LogP contribution < -0.4 is 9.64 Å². The number of ether oxygens (including phenoxy) is 1. The molecule has 0 radical (unpaired) electrons. The van der Waals surface area contributed by atoms with Gasteiger partial charge in [-0.25, -0.2) is 0 Å². The number of rotatable bonds is 6. The number of aliphatic hydroxyl groups is 1. The molecule has 1 aliphatic heterocycles. The molecule has 0 spiro atoms. The first-order valence-electron chi connectivity index (χ1n) is 10.5. The lowest BCUT2D eigenvalue weighted by atomic mass is 9.94. The van der Waals surface area contributed by atoms with Crippen LogP contribution in [0.3, 0.4) is 0 Å². The SMILES string of the molecule is Cc1cc(C)cc(N2C(=O)C(O)=C(C(=O)c3ccco3)C2c2cccc(OC(C)C)c2)c1. The Kier molecular flexibility index (Phi) is 5.61. The average Bonchev–Trinajstić information content (AvgIpc) is 3.34. The molecule has 6 heteroatoms. The number of hydrogen-bond donors (Lipinski definition) is 1. The predicted octanol–water partition coefficient (Wildman–Crippen LogP) is 5.47. The lowest BCUT2D eigenvalue weighted by Gasteiger charge is -2.28. The highest BCUT2D eigenvalue weighted by Gasteiger charge is 2.45. The van der Waals surface area contributed by atoms with E-state index in [1.165, 1.54) is 17.2 Å². The smallest absolute Gasteiger partial charge is 0.294 e. The fourth-order valence-corrected chi connectivity index (χ4v) is 4.08. The second-order valence-corrected chi connectivity index (χ2v) is 8.23. The van der Waals surface area contributed by atoms with E-state index < -0.39 is 23.5 Å². The van der Waals surface area contributed by atoms with E-state index in [1.54, 1.807) is 12.1 Å². The van der Waals surface area contributed by atoms with E-state index in [0.29, 0.717) is 17.0 Å². The number of carbonyl (C=O) groups is 2. The maximum atomic E-state index is 13.3. The van der Waals surface area contributed by atoms with Crippen LogP contribution >= 0.6 is 0 Å². The van der Waals surface area contributed by atoms with Crippen molar-refractivity contribution in [3.63, 3.8) is 0 Å². The molecule has 0 fully saturated rings. The van der Waals surface area contributed by atoms with Crippen LogP contribution in [0.1, 0.15) is 47.1 Å². The number of ketones is 1. The Bertz CT molecular complexity index is 1190. The van der Waals surface area contributed by atoms with Crippen LogP contribution in [0.5, 0.6) is 5.75 Å². The average molecular weight is 431 g/mol. The van der Waals surface area contributed by atoms with E-state index in [4.69, 9.17) is 9.15 Å². The largest absolute Gasteiger partial charge is 0.503 e. The predicted molar refractivity (Wildman–Crippen MR) is 121 cm³/mol. The van der Waals surface area contributed by atoms with Crippen molar-refractivity contribution < 1.29 is 23.8 Å². The minimum absolute atomic E-state index is 0.0224. The molecule has 2 aromatic carbocycles. The minimum atomic E-state index is -0.836. The van der Waals surface area contributed by atoms with E-state index in [0.717, 1.165) is 11.1 Å². The minimum Gasteiger partial charge on any atom is -0.503 e. The Balaban J connectivity index is 1.89. The number of carbonyl (C=O) groups excluding carboxylic acids is 2. The van der Waals surface area contributed by atoms with Gasteiger partial charge in [-0.2, -0.15) is 0 Å². The topological polar surface area (TPSA) is 80.0 Å². The van der Waals surface area contributed by atoms with E-state index in [-0.39, 0.29) is 17.4 Å². The molecule has 1 N–H and O–H groups in total. The fraction of sp³-hybridized carbons (Fsp3) is 0.231. The summed E-state index contributed by atoms with van der Waals surface area (Å²) < 4.78 is 11.1. The first kappa shape index (κ1) is 21.4. The number of benzene rings is 2. The number of amides is 1. The van der Waals surface area contributed by atoms with Crippen LogP contribution in [0.2, 0.25) is 0 Å². The Morgan fingerprint density at radius 1 is 1.06 bits per heavy atom. The number of Topliss-reactive ketones (excluding diaryl/α,β-unsaturated/α-hetero) is 1. The second kappa shape index (κ2) is 8.38. The quantitative estimate of drug-likeness (QED) is 0.524. The Morgan fingerprint density at radius 3 is 2.41 bits per heavy atom. The van der Waals surface area contributed by atoms with E-state index in [9.17, 15) is 14.7 Å². The third-order valence-electron chi connectivity index (χ3n) is 5.23. The molecule has 0 aliphatic carbocycles. The molecule has 0 saturated heterocycles. The molecule has 32 heavy (non-hydrogen) atoms. The molecular weight excluding hydrogens is 406 g/mol. The number of furan rings is 1. The molecule has 0 saturated carbocycles. The highest BCUT2D eigenvalue weighted by Crippen LogP contribution is 2.43. The molecule has 1 aromatic heterocycles. The molecule has 164 valence electrons. The van der Waals surface area contributed by atoms with Crippen molar-refractivity contribution in [1.82, 2.24) is 0 Å². The summed E-state index contributed by atoms with van der Waals surface area (Å²) in [5.74, 6) is -1.08. The van der Waals surface area contributed by atoms with Crippen molar-refractivity contribution >= 4 is 17.4 Å². The molecule has 3 aromatic rings. The van der Waals surface area contributed by atoms with E-state index in [2.05, 4.69) is 0 Å². The summed E-state index contributed by atoms with van der Waals surface area (Å²) in [4.78, 5) is 28.0.